The highest BCUT2D eigenvalue weighted by Gasteiger charge is 2.32. The summed E-state index contributed by atoms with van der Waals surface area (Å²) in [7, 11) is -1.47. The van der Waals surface area contributed by atoms with Crippen molar-refractivity contribution < 1.29 is 36.2 Å². The number of nitrogens with two attached hydrogens (primary N) is 2. The van der Waals surface area contributed by atoms with Gasteiger partial charge in [-0.1, -0.05) is 5.11 Å². The van der Waals surface area contributed by atoms with Gasteiger partial charge in [0.2, 0.25) is 0 Å². The van der Waals surface area contributed by atoms with Gasteiger partial charge in [-0.3, -0.25) is 16.3 Å². The molecule has 1 aromatic carbocycles. The van der Waals surface area contributed by atoms with E-state index in [4.69, 9.17) is 21.7 Å². The van der Waals surface area contributed by atoms with Gasteiger partial charge in [0, 0.05) is 19.0 Å². The number of benzene rings is 1. The van der Waals surface area contributed by atoms with Gasteiger partial charge in [0.1, 0.15) is 17.9 Å². The zero-order chi connectivity index (χ0) is 20.9. The van der Waals surface area contributed by atoms with E-state index in [0.29, 0.717) is 9.56 Å². The molecule has 0 radical (unpaired) electrons. The van der Waals surface area contributed by atoms with Crippen molar-refractivity contribution in [3.05, 3.63) is 39.3 Å². The molecule has 27 heavy (non-hydrogen) atoms. The molecule has 1 aromatic rings. The molecule has 0 heterocycles. The minimum atomic E-state index is -3.83. The summed E-state index contributed by atoms with van der Waals surface area (Å²) in [5.74, 6) is 0.471. The Balaban J connectivity index is 2.94. The number of halogens is 4. The predicted molar refractivity (Wildman–Crippen MR) is 82.8 cm³/mol. The van der Waals surface area contributed by atoms with Crippen molar-refractivity contribution in [3.63, 3.8) is 0 Å². The Labute approximate surface area is 149 Å². The standard InChI is InChI=1S/C11H14F4N7O4P/c1-21(17)27(24,22(2)18)26-4-3-25-11(23)5-6(12)8(14)10(19-20-16)9(15)7(5)13/h3-4,17-18H2,1-2H3. The molecule has 0 saturated carbocycles. The first-order valence-corrected chi connectivity index (χ1v) is 8.32. The lowest BCUT2D eigenvalue weighted by Crippen LogP contribution is -2.36. The quantitative estimate of drug-likeness (QED) is 0.0623. The molecule has 0 unspecified atom stereocenters. The molecule has 0 amide bonds. The molecule has 0 atom stereocenters. The van der Waals surface area contributed by atoms with Gasteiger partial charge in [-0.25, -0.2) is 22.4 Å². The third-order valence-corrected chi connectivity index (χ3v) is 5.08. The Morgan fingerprint density at radius 2 is 1.59 bits per heavy atom. The van der Waals surface area contributed by atoms with Crippen LogP contribution in [0.4, 0.5) is 23.2 Å². The second-order valence-electron chi connectivity index (χ2n) is 4.78. The number of nitrogens with zero attached hydrogens (tertiary/aromatic N) is 5. The topological polar surface area (TPSA) is 160 Å². The summed E-state index contributed by atoms with van der Waals surface area (Å²) in [5, 5.41) is 2.48. The van der Waals surface area contributed by atoms with Gasteiger partial charge in [0.15, 0.2) is 23.3 Å². The van der Waals surface area contributed by atoms with Crippen molar-refractivity contribution >= 4 is 19.3 Å². The SMILES string of the molecule is CN(N)P(=O)(OCCOC(=O)c1c(F)c(F)c(N=[N+]=[N-])c(F)c1F)N(C)N. The van der Waals surface area contributed by atoms with Crippen molar-refractivity contribution in [2.24, 2.45) is 16.8 Å². The fourth-order valence-electron chi connectivity index (χ4n) is 1.70. The molecule has 0 saturated heterocycles. The van der Waals surface area contributed by atoms with Gasteiger partial charge in [-0.2, -0.15) is 9.56 Å². The predicted octanol–water partition coefficient (Wildman–Crippen LogP) is 2.08. The maximum Gasteiger partial charge on any atom is 0.371 e. The Bertz CT molecular complexity index is 790. The monoisotopic (exact) mass is 415 g/mol. The molecule has 0 aromatic heterocycles. The van der Waals surface area contributed by atoms with E-state index in [1.165, 1.54) is 14.1 Å². The molecule has 1 rings (SSSR count). The summed E-state index contributed by atoms with van der Waals surface area (Å²) in [5.41, 5.74) is 4.88. The fraction of sp³-hybridized carbons (Fsp3) is 0.364. The molecular weight excluding hydrogens is 401 g/mol. The van der Waals surface area contributed by atoms with Crippen LogP contribution in [-0.4, -0.2) is 42.8 Å². The summed E-state index contributed by atoms with van der Waals surface area (Å²) >= 11 is 0. The first-order chi connectivity index (χ1) is 12.5. The van der Waals surface area contributed by atoms with Crippen LogP contribution in [0.3, 0.4) is 0 Å². The molecule has 0 aliphatic rings. The number of ether oxygens (including phenoxy) is 1. The van der Waals surface area contributed by atoms with Gasteiger partial charge in [0.25, 0.3) is 0 Å². The maximum absolute atomic E-state index is 13.8. The van der Waals surface area contributed by atoms with Crippen LogP contribution in [0.2, 0.25) is 0 Å². The second kappa shape index (κ2) is 9.10. The molecule has 0 fully saturated rings. The van der Waals surface area contributed by atoms with E-state index < -0.39 is 61.4 Å². The van der Waals surface area contributed by atoms with Gasteiger partial charge >= 0.3 is 13.6 Å². The van der Waals surface area contributed by atoms with Crippen LogP contribution in [-0.2, 0) is 13.8 Å². The molecule has 4 N–H and O–H groups in total. The lowest BCUT2D eigenvalue weighted by molar-refractivity contribution is 0.0424. The maximum atomic E-state index is 13.8. The van der Waals surface area contributed by atoms with Crippen LogP contribution in [0.25, 0.3) is 10.4 Å². The normalized spacial score (nSPS) is 11.6. The zero-order valence-electron chi connectivity index (χ0n) is 13.9. The summed E-state index contributed by atoms with van der Waals surface area (Å²) < 4.78 is 77.7. The van der Waals surface area contributed by atoms with E-state index in [1.54, 1.807) is 0 Å². The number of hydrazine groups is 2. The smallest absolute Gasteiger partial charge is 0.371 e. The average Bonchev–Trinajstić information content (AvgIpc) is 2.60. The summed E-state index contributed by atoms with van der Waals surface area (Å²) in [6.07, 6.45) is 0. The minimum absolute atomic E-state index is 0.586. The largest absolute Gasteiger partial charge is 0.459 e. The minimum Gasteiger partial charge on any atom is -0.459 e. The zero-order valence-corrected chi connectivity index (χ0v) is 14.8. The third kappa shape index (κ3) is 4.73. The van der Waals surface area contributed by atoms with Crippen LogP contribution < -0.4 is 11.7 Å². The van der Waals surface area contributed by atoms with E-state index in [0.717, 1.165) is 0 Å². The molecule has 0 aliphatic carbocycles. The second-order valence-corrected chi connectivity index (χ2v) is 7.28. The first kappa shape index (κ1) is 22.8. The van der Waals surface area contributed by atoms with Crippen molar-refractivity contribution in [3.8, 4) is 0 Å². The molecule has 16 heteroatoms. The summed E-state index contributed by atoms with van der Waals surface area (Å²) in [4.78, 5) is 13.7. The van der Waals surface area contributed by atoms with Crippen molar-refractivity contribution in [1.82, 2.24) is 9.56 Å². The third-order valence-electron chi connectivity index (χ3n) is 2.96. The summed E-state index contributed by atoms with van der Waals surface area (Å²) in [6.45, 7) is -1.30. The Kier molecular flexibility index (Phi) is 7.68. The van der Waals surface area contributed by atoms with Crippen molar-refractivity contribution in [1.29, 1.82) is 0 Å². The number of azide groups is 1. The number of carbonyl (C=O) groups excluding carboxylic acids is 1. The van der Waals surface area contributed by atoms with Gasteiger partial charge in [-0.15, -0.1) is 0 Å². The van der Waals surface area contributed by atoms with Crippen LogP contribution in [0, 0.1) is 23.3 Å². The fourth-order valence-corrected chi connectivity index (χ4v) is 2.82. The molecule has 0 spiro atoms. The van der Waals surface area contributed by atoms with Crippen LogP contribution in [0.5, 0.6) is 0 Å². The lowest BCUT2D eigenvalue weighted by atomic mass is 10.1. The highest BCUT2D eigenvalue weighted by Crippen LogP contribution is 2.48. The Morgan fingerprint density at radius 1 is 1.11 bits per heavy atom. The van der Waals surface area contributed by atoms with Crippen molar-refractivity contribution in [2.75, 3.05) is 27.3 Å². The van der Waals surface area contributed by atoms with E-state index in [9.17, 15) is 26.9 Å². The van der Waals surface area contributed by atoms with Crippen LogP contribution >= 0.6 is 7.67 Å². The van der Waals surface area contributed by atoms with Gasteiger partial charge < -0.3 is 9.26 Å². The lowest BCUT2D eigenvalue weighted by Gasteiger charge is -2.28. The van der Waals surface area contributed by atoms with Crippen molar-refractivity contribution in [2.45, 2.75) is 0 Å². The summed E-state index contributed by atoms with van der Waals surface area (Å²) in [6, 6.07) is 0. The molecule has 0 aliphatic heterocycles. The van der Waals surface area contributed by atoms with Crippen LogP contribution in [0.1, 0.15) is 10.4 Å². The van der Waals surface area contributed by atoms with E-state index in [2.05, 4.69) is 9.85 Å². The van der Waals surface area contributed by atoms with Gasteiger partial charge in [0.05, 0.1) is 6.61 Å². The molecule has 150 valence electrons. The molecule has 11 nitrogen and oxygen atoms in total. The Morgan fingerprint density at radius 3 is 2.00 bits per heavy atom. The number of carbonyl (C=O) groups is 1. The molecule has 0 bridgehead atoms. The number of rotatable bonds is 8. The highest BCUT2D eigenvalue weighted by molar-refractivity contribution is 7.53. The highest BCUT2D eigenvalue weighted by atomic mass is 31.2. The van der Waals surface area contributed by atoms with Crippen LogP contribution in [0.15, 0.2) is 5.11 Å². The number of esters is 1. The first-order valence-electron chi connectivity index (χ1n) is 6.79. The molecular formula is C11H14F4N7O4P. The number of hydrogen-bond donors (Lipinski definition) is 2. The Hall–Kier alpha value is -2.25. The van der Waals surface area contributed by atoms with E-state index in [-0.39, 0.29) is 0 Å². The van der Waals surface area contributed by atoms with Gasteiger partial charge in [-0.05, 0) is 5.53 Å². The van der Waals surface area contributed by atoms with E-state index in [1.807, 2.05) is 4.91 Å². The average molecular weight is 415 g/mol. The van der Waals surface area contributed by atoms with E-state index >= 15 is 0 Å². The number of hydrogen-bond acceptors (Lipinski definition) is 7.